The van der Waals surface area contributed by atoms with Crippen LogP contribution in [0.3, 0.4) is 0 Å². The lowest BCUT2D eigenvalue weighted by atomic mass is 10.0. The van der Waals surface area contributed by atoms with Crippen LogP contribution in [0.5, 0.6) is 11.5 Å². The number of carbonyl (C=O) groups is 2. The molecule has 0 atom stereocenters. The van der Waals surface area contributed by atoms with Crippen LogP contribution in [0.1, 0.15) is 22.8 Å². The summed E-state index contributed by atoms with van der Waals surface area (Å²) in [5, 5.41) is 0. The van der Waals surface area contributed by atoms with Gasteiger partial charge in [-0.25, -0.2) is 4.79 Å². The van der Waals surface area contributed by atoms with Gasteiger partial charge in [0, 0.05) is 18.7 Å². The minimum atomic E-state index is -0.917. The van der Waals surface area contributed by atoms with Gasteiger partial charge in [0.2, 0.25) is 0 Å². The molecule has 0 N–H and O–H groups in total. The first-order chi connectivity index (χ1) is 9.58. The van der Waals surface area contributed by atoms with Gasteiger partial charge in [0.25, 0.3) is 5.78 Å². The van der Waals surface area contributed by atoms with Crippen LogP contribution in [0, 0.1) is 0 Å². The third-order valence-corrected chi connectivity index (χ3v) is 2.61. The SMILES string of the molecule is CCOC(=O)C(=O)c1cc(COC)c(OC)cc1OC. The lowest BCUT2D eigenvalue weighted by molar-refractivity contribution is -0.137. The molecule has 0 aliphatic rings. The number of ether oxygens (including phenoxy) is 4. The smallest absolute Gasteiger partial charge is 0.379 e. The van der Waals surface area contributed by atoms with Crippen molar-refractivity contribution in [3.8, 4) is 11.5 Å². The Morgan fingerprint density at radius 3 is 2.20 bits per heavy atom. The lowest BCUT2D eigenvalue weighted by Gasteiger charge is -2.13. The monoisotopic (exact) mass is 282 g/mol. The van der Waals surface area contributed by atoms with Crippen LogP contribution < -0.4 is 9.47 Å². The first kappa shape index (κ1) is 16.0. The highest BCUT2D eigenvalue weighted by Gasteiger charge is 2.23. The molecule has 0 heterocycles. The van der Waals surface area contributed by atoms with E-state index in [9.17, 15) is 9.59 Å². The molecule has 0 aliphatic heterocycles. The van der Waals surface area contributed by atoms with Gasteiger partial charge in [-0.2, -0.15) is 0 Å². The topological polar surface area (TPSA) is 71.1 Å². The maximum atomic E-state index is 12.0. The van der Waals surface area contributed by atoms with E-state index < -0.39 is 11.8 Å². The van der Waals surface area contributed by atoms with E-state index in [1.807, 2.05) is 0 Å². The van der Waals surface area contributed by atoms with E-state index in [4.69, 9.17) is 18.9 Å². The number of hydrogen-bond acceptors (Lipinski definition) is 6. The highest BCUT2D eigenvalue weighted by molar-refractivity contribution is 6.41. The van der Waals surface area contributed by atoms with E-state index >= 15 is 0 Å². The molecule has 0 fully saturated rings. The molecule has 110 valence electrons. The minimum Gasteiger partial charge on any atom is -0.496 e. The van der Waals surface area contributed by atoms with Gasteiger partial charge in [0.1, 0.15) is 11.5 Å². The number of Topliss-reactive ketones (excluding diaryl/α,β-unsaturated/α-hetero) is 1. The quantitative estimate of drug-likeness (QED) is 0.430. The van der Waals surface area contributed by atoms with Crippen LogP contribution >= 0.6 is 0 Å². The summed E-state index contributed by atoms with van der Waals surface area (Å²) in [6.07, 6.45) is 0. The first-order valence-electron chi connectivity index (χ1n) is 6.04. The molecule has 6 heteroatoms. The summed E-state index contributed by atoms with van der Waals surface area (Å²) < 4.78 is 20.1. The van der Waals surface area contributed by atoms with E-state index in [1.54, 1.807) is 13.0 Å². The molecule has 1 aromatic carbocycles. The normalized spacial score (nSPS) is 10.0. The van der Waals surface area contributed by atoms with Crippen molar-refractivity contribution in [3.63, 3.8) is 0 Å². The van der Waals surface area contributed by atoms with Crippen molar-refractivity contribution in [2.24, 2.45) is 0 Å². The lowest BCUT2D eigenvalue weighted by Crippen LogP contribution is -2.18. The third-order valence-electron chi connectivity index (χ3n) is 2.61. The number of hydrogen-bond donors (Lipinski definition) is 0. The van der Waals surface area contributed by atoms with Crippen molar-refractivity contribution in [1.82, 2.24) is 0 Å². The molecule has 0 radical (unpaired) electrons. The van der Waals surface area contributed by atoms with Crippen molar-refractivity contribution in [3.05, 3.63) is 23.3 Å². The fraction of sp³-hybridized carbons (Fsp3) is 0.429. The molecule has 1 aromatic rings. The Kier molecular flexibility index (Phi) is 5.99. The Balaban J connectivity index is 3.26. The molecule has 0 bridgehead atoms. The van der Waals surface area contributed by atoms with Crippen molar-refractivity contribution >= 4 is 11.8 Å². The maximum absolute atomic E-state index is 12.0. The highest BCUT2D eigenvalue weighted by atomic mass is 16.5. The standard InChI is InChI=1S/C14H18O6/c1-5-20-14(16)13(15)10-6-9(8-17-2)11(18-3)7-12(10)19-4/h6-7H,5,8H2,1-4H3. The molecule has 0 spiro atoms. The van der Waals surface area contributed by atoms with E-state index in [2.05, 4.69) is 0 Å². The van der Waals surface area contributed by atoms with Crippen LogP contribution in [0.2, 0.25) is 0 Å². The minimum absolute atomic E-state index is 0.124. The molecule has 6 nitrogen and oxygen atoms in total. The fourth-order valence-electron chi connectivity index (χ4n) is 1.72. The largest absolute Gasteiger partial charge is 0.496 e. The second-order valence-electron chi connectivity index (χ2n) is 3.85. The number of rotatable bonds is 7. The van der Waals surface area contributed by atoms with Crippen molar-refractivity contribution in [2.75, 3.05) is 27.9 Å². The van der Waals surface area contributed by atoms with Crippen molar-refractivity contribution in [1.29, 1.82) is 0 Å². The molecule has 0 saturated heterocycles. The van der Waals surface area contributed by atoms with Gasteiger partial charge in [-0.05, 0) is 13.0 Å². The molecule has 0 amide bonds. The average Bonchev–Trinajstić information content (AvgIpc) is 2.46. The summed E-state index contributed by atoms with van der Waals surface area (Å²) in [6.45, 7) is 2.01. The van der Waals surface area contributed by atoms with E-state index in [1.165, 1.54) is 27.4 Å². The summed E-state index contributed by atoms with van der Waals surface area (Å²) in [4.78, 5) is 23.6. The second kappa shape index (κ2) is 7.49. The van der Waals surface area contributed by atoms with Gasteiger partial charge in [-0.15, -0.1) is 0 Å². The highest BCUT2D eigenvalue weighted by Crippen LogP contribution is 2.30. The Morgan fingerprint density at radius 2 is 1.70 bits per heavy atom. The summed E-state index contributed by atoms with van der Waals surface area (Å²) in [5.41, 5.74) is 0.766. The third kappa shape index (κ3) is 3.48. The van der Waals surface area contributed by atoms with E-state index in [0.717, 1.165) is 0 Å². The fourth-order valence-corrected chi connectivity index (χ4v) is 1.72. The van der Waals surface area contributed by atoms with E-state index in [0.29, 0.717) is 11.3 Å². The van der Waals surface area contributed by atoms with E-state index in [-0.39, 0.29) is 24.5 Å². The second-order valence-corrected chi connectivity index (χ2v) is 3.85. The van der Waals surface area contributed by atoms with Crippen LogP contribution in [-0.4, -0.2) is 39.7 Å². The number of esters is 1. The molecule has 0 aromatic heterocycles. The molecule has 0 unspecified atom stereocenters. The average molecular weight is 282 g/mol. The molecule has 0 saturated carbocycles. The predicted octanol–water partition coefficient (Wildman–Crippen LogP) is 1.60. The number of benzene rings is 1. The van der Waals surface area contributed by atoms with Gasteiger partial charge in [-0.1, -0.05) is 0 Å². The molecule has 0 aliphatic carbocycles. The molecule has 1 rings (SSSR count). The Hall–Kier alpha value is -2.08. The van der Waals surface area contributed by atoms with Gasteiger partial charge in [0.15, 0.2) is 0 Å². The van der Waals surface area contributed by atoms with Gasteiger partial charge in [-0.3, -0.25) is 4.79 Å². The number of carbonyl (C=O) groups excluding carboxylic acids is 2. The molecule has 20 heavy (non-hydrogen) atoms. The van der Waals surface area contributed by atoms with Crippen molar-refractivity contribution < 1.29 is 28.5 Å². The number of ketones is 1. The Morgan fingerprint density at radius 1 is 1.05 bits per heavy atom. The molecular weight excluding hydrogens is 264 g/mol. The first-order valence-corrected chi connectivity index (χ1v) is 6.04. The van der Waals surface area contributed by atoms with Crippen LogP contribution in [0.4, 0.5) is 0 Å². The molecular formula is C14H18O6. The number of methoxy groups -OCH3 is 3. The maximum Gasteiger partial charge on any atom is 0.379 e. The Labute approximate surface area is 117 Å². The zero-order valence-corrected chi connectivity index (χ0v) is 12.0. The predicted molar refractivity (Wildman–Crippen MR) is 71.2 cm³/mol. The van der Waals surface area contributed by atoms with Crippen LogP contribution in [0.25, 0.3) is 0 Å². The van der Waals surface area contributed by atoms with Crippen LogP contribution in [-0.2, 0) is 20.9 Å². The Bertz CT molecular complexity index is 495. The van der Waals surface area contributed by atoms with Crippen molar-refractivity contribution in [2.45, 2.75) is 13.5 Å². The van der Waals surface area contributed by atoms with Gasteiger partial charge >= 0.3 is 5.97 Å². The summed E-state index contributed by atoms with van der Waals surface area (Å²) in [7, 11) is 4.43. The summed E-state index contributed by atoms with van der Waals surface area (Å²) >= 11 is 0. The zero-order chi connectivity index (χ0) is 15.1. The van der Waals surface area contributed by atoms with Gasteiger partial charge in [0.05, 0.1) is 33.0 Å². The van der Waals surface area contributed by atoms with Gasteiger partial charge < -0.3 is 18.9 Å². The summed E-state index contributed by atoms with van der Waals surface area (Å²) in [5.74, 6) is -0.910. The summed E-state index contributed by atoms with van der Waals surface area (Å²) in [6, 6.07) is 3.06. The zero-order valence-electron chi connectivity index (χ0n) is 12.0. The van der Waals surface area contributed by atoms with Crippen LogP contribution in [0.15, 0.2) is 12.1 Å².